The molecule has 1 fully saturated rings. The maximum Gasteiger partial charge on any atom is 0.255 e. The third-order valence-electron chi connectivity index (χ3n) is 3.96. The highest BCUT2D eigenvalue weighted by Gasteiger charge is 2.16. The van der Waals surface area contributed by atoms with Crippen LogP contribution in [0, 0.1) is 0 Å². The molecule has 0 spiro atoms. The number of halogens is 1. The lowest BCUT2D eigenvalue weighted by Gasteiger charge is -2.23. The number of anilines is 2. The van der Waals surface area contributed by atoms with Crippen LogP contribution in [0.1, 0.15) is 16.8 Å². The summed E-state index contributed by atoms with van der Waals surface area (Å²) in [4.78, 5) is 24.2. The summed E-state index contributed by atoms with van der Waals surface area (Å²) < 4.78 is 5.34. The highest BCUT2D eigenvalue weighted by atomic mass is 35.5. The Labute approximate surface area is 156 Å². The smallest absolute Gasteiger partial charge is 0.255 e. The SMILES string of the molecule is O=C(CC1COCCN1)Nc1ccc(NC(=O)c2ccc(Cl)cc2)cc1. The predicted octanol–water partition coefficient (Wildman–Crippen LogP) is 2.91. The fourth-order valence-electron chi connectivity index (χ4n) is 2.63. The maximum absolute atomic E-state index is 12.2. The maximum atomic E-state index is 12.2. The molecule has 0 aliphatic carbocycles. The average Bonchev–Trinajstić information content (AvgIpc) is 2.64. The lowest BCUT2D eigenvalue weighted by Crippen LogP contribution is -2.43. The van der Waals surface area contributed by atoms with E-state index < -0.39 is 0 Å². The number of nitrogens with one attached hydrogen (secondary N) is 3. The molecule has 1 aliphatic heterocycles. The number of amides is 2. The summed E-state index contributed by atoms with van der Waals surface area (Å²) in [5, 5.41) is 9.47. The van der Waals surface area contributed by atoms with E-state index in [1.54, 1.807) is 48.5 Å². The van der Waals surface area contributed by atoms with Crippen molar-refractivity contribution in [2.24, 2.45) is 0 Å². The molecular weight excluding hydrogens is 354 g/mol. The van der Waals surface area contributed by atoms with Gasteiger partial charge in [0, 0.05) is 41.0 Å². The van der Waals surface area contributed by atoms with Crippen LogP contribution >= 0.6 is 11.6 Å². The molecule has 2 aromatic carbocycles. The van der Waals surface area contributed by atoms with Gasteiger partial charge in [0.05, 0.1) is 13.2 Å². The van der Waals surface area contributed by atoms with Crippen LogP contribution in [0.25, 0.3) is 0 Å². The largest absolute Gasteiger partial charge is 0.378 e. The van der Waals surface area contributed by atoms with Crippen molar-refractivity contribution >= 4 is 34.8 Å². The van der Waals surface area contributed by atoms with Gasteiger partial charge in [-0.25, -0.2) is 0 Å². The first kappa shape index (κ1) is 18.4. The molecule has 2 aromatic rings. The highest BCUT2D eigenvalue weighted by Crippen LogP contribution is 2.16. The number of hydrogen-bond acceptors (Lipinski definition) is 4. The number of benzene rings is 2. The molecule has 7 heteroatoms. The molecule has 26 heavy (non-hydrogen) atoms. The highest BCUT2D eigenvalue weighted by molar-refractivity contribution is 6.30. The molecular formula is C19H20ClN3O3. The fourth-order valence-corrected chi connectivity index (χ4v) is 2.75. The first-order valence-corrected chi connectivity index (χ1v) is 8.76. The molecule has 1 unspecified atom stereocenters. The number of hydrogen-bond donors (Lipinski definition) is 3. The van der Waals surface area contributed by atoms with Crippen molar-refractivity contribution in [3.8, 4) is 0 Å². The lowest BCUT2D eigenvalue weighted by molar-refractivity contribution is -0.117. The Morgan fingerprint density at radius 3 is 2.31 bits per heavy atom. The van der Waals surface area contributed by atoms with E-state index in [4.69, 9.17) is 16.3 Å². The fraction of sp³-hybridized carbons (Fsp3) is 0.263. The van der Waals surface area contributed by atoms with Crippen LogP contribution in [-0.4, -0.2) is 37.6 Å². The molecule has 3 N–H and O–H groups in total. The summed E-state index contributed by atoms with van der Waals surface area (Å²) >= 11 is 5.82. The standard InChI is InChI=1S/C19H20ClN3O3/c20-14-3-1-13(2-4-14)19(25)23-16-7-5-15(6-8-16)22-18(24)11-17-12-26-10-9-21-17/h1-8,17,21H,9-12H2,(H,22,24)(H,23,25). The van der Waals surface area contributed by atoms with Gasteiger partial charge in [-0.05, 0) is 48.5 Å². The van der Waals surface area contributed by atoms with E-state index in [2.05, 4.69) is 16.0 Å². The van der Waals surface area contributed by atoms with Crippen molar-refractivity contribution in [1.82, 2.24) is 5.32 Å². The van der Waals surface area contributed by atoms with E-state index >= 15 is 0 Å². The van der Waals surface area contributed by atoms with Crippen LogP contribution in [0.2, 0.25) is 5.02 Å². The Balaban J connectivity index is 1.52. The van der Waals surface area contributed by atoms with Crippen LogP contribution in [0.15, 0.2) is 48.5 Å². The van der Waals surface area contributed by atoms with Crippen molar-refractivity contribution in [1.29, 1.82) is 0 Å². The topological polar surface area (TPSA) is 79.5 Å². The van der Waals surface area contributed by atoms with Gasteiger partial charge in [0.25, 0.3) is 5.91 Å². The minimum Gasteiger partial charge on any atom is -0.378 e. The van der Waals surface area contributed by atoms with Crippen molar-refractivity contribution < 1.29 is 14.3 Å². The molecule has 3 rings (SSSR count). The quantitative estimate of drug-likeness (QED) is 0.753. The van der Waals surface area contributed by atoms with Gasteiger partial charge in [0.1, 0.15) is 0 Å². The number of morpholine rings is 1. The van der Waals surface area contributed by atoms with Crippen LogP contribution < -0.4 is 16.0 Å². The minimum absolute atomic E-state index is 0.0432. The zero-order valence-electron chi connectivity index (χ0n) is 14.1. The molecule has 1 atom stereocenters. The Hall–Kier alpha value is -2.41. The molecule has 1 aliphatic rings. The van der Waals surface area contributed by atoms with E-state index in [0.29, 0.717) is 41.6 Å². The molecule has 0 saturated carbocycles. The molecule has 0 bridgehead atoms. The van der Waals surface area contributed by atoms with Crippen LogP contribution in [-0.2, 0) is 9.53 Å². The van der Waals surface area contributed by atoms with Gasteiger partial charge in [0.2, 0.25) is 5.91 Å². The second-order valence-electron chi connectivity index (χ2n) is 6.02. The Morgan fingerprint density at radius 1 is 1.04 bits per heavy atom. The summed E-state index contributed by atoms with van der Waals surface area (Å²) in [5.41, 5.74) is 1.84. The molecule has 0 aromatic heterocycles. The Kier molecular flexibility index (Phi) is 6.22. The Bertz CT molecular complexity index is 757. The van der Waals surface area contributed by atoms with E-state index in [9.17, 15) is 9.59 Å². The first-order valence-electron chi connectivity index (χ1n) is 8.38. The van der Waals surface area contributed by atoms with E-state index in [-0.39, 0.29) is 17.9 Å². The average molecular weight is 374 g/mol. The molecule has 136 valence electrons. The number of carbonyl (C=O) groups excluding carboxylic acids is 2. The van der Waals surface area contributed by atoms with Crippen LogP contribution in [0.4, 0.5) is 11.4 Å². The van der Waals surface area contributed by atoms with Gasteiger partial charge in [-0.15, -0.1) is 0 Å². The van der Waals surface area contributed by atoms with Crippen molar-refractivity contribution in [3.05, 3.63) is 59.1 Å². The third kappa shape index (κ3) is 5.29. The molecule has 1 saturated heterocycles. The summed E-state index contributed by atoms with van der Waals surface area (Å²) in [6.07, 6.45) is 0.356. The summed E-state index contributed by atoms with van der Waals surface area (Å²) in [6, 6.07) is 13.7. The van der Waals surface area contributed by atoms with Gasteiger partial charge in [-0.1, -0.05) is 11.6 Å². The molecule has 0 radical (unpaired) electrons. The summed E-state index contributed by atoms with van der Waals surface area (Å²) in [7, 11) is 0. The van der Waals surface area contributed by atoms with Gasteiger partial charge < -0.3 is 20.7 Å². The van der Waals surface area contributed by atoms with Crippen molar-refractivity contribution in [2.75, 3.05) is 30.4 Å². The number of rotatable bonds is 5. The van der Waals surface area contributed by atoms with Crippen LogP contribution in [0.3, 0.4) is 0 Å². The Morgan fingerprint density at radius 2 is 1.69 bits per heavy atom. The first-order chi connectivity index (χ1) is 12.6. The van der Waals surface area contributed by atoms with Gasteiger partial charge in [-0.2, -0.15) is 0 Å². The predicted molar refractivity (Wildman–Crippen MR) is 102 cm³/mol. The minimum atomic E-state index is -0.221. The third-order valence-corrected chi connectivity index (χ3v) is 4.22. The van der Waals surface area contributed by atoms with Gasteiger partial charge in [0.15, 0.2) is 0 Å². The molecule has 6 nitrogen and oxygen atoms in total. The van der Waals surface area contributed by atoms with Gasteiger partial charge >= 0.3 is 0 Å². The van der Waals surface area contributed by atoms with E-state index in [1.807, 2.05) is 0 Å². The lowest BCUT2D eigenvalue weighted by atomic mass is 10.2. The second kappa shape index (κ2) is 8.80. The number of carbonyl (C=O) groups is 2. The summed E-state index contributed by atoms with van der Waals surface area (Å²) in [5.74, 6) is -0.298. The monoisotopic (exact) mass is 373 g/mol. The molecule has 2 amide bonds. The molecule has 1 heterocycles. The second-order valence-corrected chi connectivity index (χ2v) is 6.45. The zero-order chi connectivity index (χ0) is 18.4. The zero-order valence-corrected chi connectivity index (χ0v) is 14.9. The van der Waals surface area contributed by atoms with Crippen molar-refractivity contribution in [2.45, 2.75) is 12.5 Å². The van der Waals surface area contributed by atoms with Crippen LogP contribution in [0.5, 0.6) is 0 Å². The normalized spacial score (nSPS) is 16.7. The number of ether oxygens (including phenoxy) is 1. The van der Waals surface area contributed by atoms with E-state index in [0.717, 1.165) is 6.54 Å². The van der Waals surface area contributed by atoms with Crippen molar-refractivity contribution in [3.63, 3.8) is 0 Å². The van der Waals surface area contributed by atoms with E-state index in [1.165, 1.54) is 0 Å². The summed E-state index contributed by atoms with van der Waals surface area (Å²) in [6.45, 7) is 1.99. The van der Waals surface area contributed by atoms with Gasteiger partial charge in [-0.3, -0.25) is 9.59 Å².